The average molecular weight is 568 g/mol. The number of aryl methyl sites for hydroxylation is 1. The van der Waals surface area contributed by atoms with Crippen LogP contribution in [0.25, 0.3) is 0 Å². The molecule has 4 aliphatic carbocycles. The van der Waals surface area contributed by atoms with Gasteiger partial charge in [-0.2, -0.15) is 0 Å². The minimum absolute atomic E-state index is 0.0392. The fraction of sp³-hybridized carbons (Fsp3) is 0.581. The quantitative estimate of drug-likeness (QED) is 0.463. The summed E-state index contributed by atoms with van der Waals surface area (Å²) >= 11 is 0. The third-order valence-electron chi connectivity index (χ3n) is 10.3. The van der Waals surface area contributed by atoms with Crippen LogP contribution in [-0.4, -0.2) is 30.8 Å². The lowest BCUT2D eigenvalue weighted by Gasteiger charge is -2.36. The summed E-state index contributed by atoms with van der Waals surface area (Å²) in [7, 11) is -3.87. The maximum atomic E-state index is 13.4. The Balaban J connectivity index is 1.33. The van der Waals surface area contributed by atoms with Crippen LogP contribution >= 0.6 is 0 Å². The number of hydrogen-bond donors (Lipinski definition) is 2. The lowest BCUT2D eigenvalue weighted by atomic mass is 9.70. The molecule has 3 saturated carbocycles. The minimum Gasteiger partial charge on any atom is -0.506 e. The number of carbonyl (C=O) groups excluding carboxylic acids is 2. The van der Waals surface area contributed by atoms with E-state index in [0.717, 1.165) is 38.5 Å². The highest BCUT2D eigenvalue weighted by atomic mass is 32.2. The first kappa shape index (κ1) is 27.2. The Bertz CT molecular complexity index is 1550. The lowest BCUT2D eigenvalue weighted by molar-refractivity contribution is -0.128. The van der Waals surface area contributed by atoms with Gasteiger partial charge < -0.3 is 9.52 Å². The summed E-state index contributed by atoms with van der Waals surface area (Å²) in [6.07, 6.45) is 6.65. The van der Waals surface area contributed by atoms with E-state index >= 15 is 0 Å². The van der Waals surface area contributed by atoms with Crippen molar-refractivity contribution in [2.24, 2.45) is 22.7 Å². The van der Waals surface area contributed by atoms with E-state index in [-0.39, 0.29) is 57.2 Å². The van der Waals surface area contributed by atoms with Crippen molar-refractivity contribution in [3.05, 3.63) is 57.1 Å². The summed E-state index contributed by atoms with van der Waals surface area (Å²) in [5, 5.41) is 11.3. The van der Waals surface area contributed by atoms with E-state index in [1.807, 2.05) is 19.9 Å². The number of hydrogen-bond acceptors (Lipinski definition) is 7. The van der Waals surface area contributed by atoms with Gasteiger partial charge >= 0.3 is 5.63 Å². The Morgan fingerprint density at radius 3 is 2.50 bits per heavy atom. The zero-order chi connectivity index (χ0) is 28.4. The zero-order valence-corrected chi connectivity index (χ0v) is 23.9. The molecule has 1 aromatic heterocycles. The summed E-state index contributed by atoms with van der Waals surface area (Å²) in [5.41, 5.74) is -0.701. The van der Waals surface area contributed by atoms with Crippen LogP contribution in [0.1, 0.15) is 105 Å². The number of aromatic hydroxyl groups is 1. The molecule has 0 saturated heterocycles. The molecule has 3 atom stereocenters. The van der Waals surface area contributed by atoms with Gasteiger partial charge in [0.1, 0.15) is 17.3 Å². The second kappa shape index (κ2) is 9.57. The lowest BCUT2D eigenvalue weighted by Crippen LogP contribution is -2.43. The average Bonchev–Trinajstić information content (AvgIpc) is 3.64. The van der Waals surface area contributed by atoms with E-state index in [1.165, 1.54) is 0 Å². The third kappa shape index (κ3) is 4.41. The number of ketones is 2. The van der Waals surface area contributed by atoms with E-state index in [0.29, 0.717) is 36.9 Å². The third-order valence-corrected chi connectivity index (χ3v) is 11.7. The summed E-state index contributed by atoms with van der Waals surface area (Å²) in [6, 6.07) is 6.86. The van der Waals surface area contributed by atoms with Gasteiger partial charge in [0.15, 0.2) is 5.78 Å². The predicted molar refractivity (Wildman–Crippen MR) is 150 cm³/mol. The van der Waals surface area contributed by atoms with Gasteiger partial charge in [0.2, 0.25) is 10.0 Å². The van der Waals surface area contributed by atoms with Crippen molar-refractivity contribution >= 4 is 27.3 Å². The molecule has 9 heteroatoms. The molecule has 2 N–H and O–H groups in total. The normalized spacial score (nSPS) is 26.7. The molecule has 8 nitrogen and oxygen atoms in total. The molecule has 2 aromatic rings. The van der Waals surface area contributed by atoms with Gasteiger partial charge in [-0.25, -0.2) is 13.2 Å². The highest BCUT2D eigenvalue weighted by Gasteiger charge is 2.65. The molecule has 0 amide bonds. The minimum atomic E-state index is -3.87. The number of rotatable bonds is 7. The van der Waals surface area contributed by atoms with Crippen molar-refractivity contribution < 1.29 is 27.5 Å². The van der Waals surface area contributed by atoms with Gasteiger partial charge in [-0.05, 0) is 73.5 Å². The van der Waals surface area contributed by atoms with Crippen molar-refractivity contribution in [3.8, 4) is 5.75 Å². The Morgan fingerprint density at radius 1 is 1.07 bits per heavy atom. The van der Waals surface area contributed by atoms with E-state index in [4.69, 9.17) is 4.42 Å². The summed E-state index contributed by atoms with van der Waals surface area (Å²) < 4.78 is 35.2. The molecule has 3 unspecified atom stereocenters. The van der Waals surface area contributed by atoms with Crippen molar-refractivity contribution in [1.29, 1.82) is 0 Å². The number of Topliss-reactive ketones (excluding diaryl/α,β-unsaturated/α-hetero) is 2. The Kier molecular flexibility index (Phi) is 6.52. The SMILES string of the molecule is CC1(C)C2CCC1(CS(=O)(=O)Nc1cccc(C(c3c(O)c4c(oc3=O)CCCCCC4=O)C3CC3)c1)C(=O)C2. The van der Waals surface area contributed by atoms with E-state index in [9.17, 15) is 27.9 Å². The van der Waals surface area contributed by atoms with Crippen molar-refractivity contribution in [2.45, 2.75) is 84.0 Å². The van der Waals surface area contributed by atoms with Crippen LogP contribution in [0.3, 0.4) is 0 Å². The van der Waals surface area contributed by atoms with Crippen LogP contribution in [0.15, 0.2) is 33.5 Å². The van der Waals surface area contributed by atoms with Crippen molar-refractivity contribution in [3.63, 3.8) is 0 Å². The van der Waals surface area contributed by atoms with Crippen molar-refractivity contribution in [1.82, 2.24) is 0 Å². The number of sulfonamides is 1. The molecule has 6 rings (SSSR count). The van der Waals surface area contributed by atoms with E-state index in [1.54, 1.807) is 18.2 Å². The van der Waals surface area contributed by atoms with E-state index < -0.39 is 27.0 Å². The molecule has 3 fully saturated rings. The molecule has 0 radical (unpaired) electrons. The Morgan fingerprint density at radius 2 is 1.82 bits per heavy atom. The molecule has 1 aromatic carbocycles. The molecular formula is C31H37NO7S. The topological polar surface area (TPSA) is 131 Å². The van der Waals surface area contributed by atoms with Gasteiger partial charge in [-0.3, -0.25) is 14.3 Å². The van der Waals surface area contributed by atoms with Gasteiger partial charge in [-0.1, -0.05) is 32.4 Å². The maximum absolute atomic E-state index is 13.4. The summed E-state index contributed by atoms with van der Waals surface area (Å²) in [6.45, 7) is 4.02. The smallest absolute Gasteiger partial charge is 0.343 e. The van der Waals surface area contributed by atoms with Crippen LogP contribution in [0.5, 0.6) is 5.75 Å². The van der Waals surface area contributed by atoms with Gasteiger partial charge in [0.25, 0.3) is 0 Å². The van der Waals surface area contributed by atoms with Gasteiger partial charge in [0, 0.05) is 30.9 Å². The molecule has 0 spiro atoms. The zero-order valence-electron chi connectivity index (χ0n) is 23.1. The van der Waals surface area contributed by atoms with E-state index in [2.05, 4.69) is 4.72 Å². The van der Waals surface area contributed by atoms with Crippen LogP contribution in [-0.2, 0) is 21.2 Å². The number of nitrogens with one attached hydrogen (secondary N) is 1. The first-order valence-corrected chi connectivity index (χ1v) is 16.1. The molecule has 2 bridgehead atoms. The molecular weight excluding hydrogens is 530 g/mol. The standard InChI is InChI=1S/C31H37NO7S/c1-30(2)20-13-14-31(30,24(34)16-20)17-40(37,38)32-21-8-6-7-19(15-21)25(18-11-12-18)27-28(35)26-22(33)9-4-3-5-10-23(26)39-29(27)36/h6-8,15,18,20,25,32,35H,3-5,9-14,16-17H2,1-2H3. The summed E-state index contributed by atoms with van der Waals surface area (Å²) in [5.74, 6) is -0.723. The van der Waals surface area contributed by atoms with Crippen LogP contribution in [0, 0.1) is 22.7 Å². The van der Waals surface area contributed by atoms with Crippen LogP contribution in [0.4, 0.5) is 5.69 Å². The number of benzene rings is 1. The molecule has 1 heterocycles. The fourth-order valence-corrected chi connectivity index (χ4v) is 9.62. The van der Waals surface area contributed by atoms with Gasteiger partial charge in [-0.15, -0.1) is 0 Å². The highest BCUT2D eigenvalue weighted by Crippen LogP contribution is 2.64. The van der Waals surface area contributed by atoms with Crippen molar-refractivity contribution in [2.75, 3.05) is 10.5 Å². The second-order valence-electron chi connectivity index (χ2n) is 12.9. The Labute approximate surface area is 234 Å². The van der Waals surface area contributed by atoms with Crippen LogP contribution < -0.4 is 10.3 Å². The largest absolute Gasteiger partial charge is 0.506 e. The fourth-order valence-electron chi connectivity index (χ4n) is 7.74. The summed E-state index contributed by atoms with van der Waals surface area (Å²) in [4.78, 5) is 39.1. The molecule has 0 aliphatic heterocycles. The Hall–Kier alpha value is -2.94. The first-order chi connectivity index (χ1) is 18.9. The number of carbonyl (C=O) groups is 2. The van der Waals surface area contributed by atoms with Crippen LogP contribution in [0.2, 0.25) is 0 Å². The molecule has 4 aliphatic rings. The predicted octanol–water partition coefficient (Wildman–Crippen LogP) is 5.32. The number of anilines is 1. The second-order valence-corrected chi connectivity index (χ2v) is 14.6. The molecule has 214 valence electrons. The monoisotopic (exact) mass is 567 g/mol. The van der Waals surface area contributed by atoms with Gasteiger partial charge in [0.05, 0.1) is 22.3 Å². The first-order valence-electron chi connectivity index (χ1n) is 14.5. The highest BCUT2D eigenvalue weighted by molar-refractivity contribution is 7.92. The number of fused-ring (bicyclic) bond motifs is 3. The molecule has 40 heavy (non-hydrogen) atoms. The maximum Gasteiger partial charge on any atom is 0.343 e.